The summed E-state index contributed by atoms with van der Waals surface area (Å²) in [4.78, 5) is 12.6. The molecule has 4 nitrogen and oxygen atoms in total. The smallest absolute Gasteiger partial charge is 0.398 e. The molecule has 0 aliphatic rings. The van der Waals surface area contributed by atoms with Crippen molar-refractivity contribution in [3.63, 3.8) is 0 Å². The molecule has 0 saturated heterocycles. The van der Waals surface area contributed by atoms with E-state index in [1.807, 2.05) is 0 Å². The van der Waals surface area contributed by atoms with Crippen molar-refractivity contribution in [2.75, 3.05) is 25.4 Å². The average Bonchev–Trinajstić information content (AvgIpc) is 2.36. The molecule has 0 atom stereocenters. The lowest BCUT2D eigenvalue weighted by Crippen LogP contribution is -2.37. The van der Waals surface area contributed by atoms with Crippen LogP contribution in [0.4, 0.5) is 27.6 Å². The van der Waals surface area contributed by atoms with Crippen molar-refractivity contribution in [2.24, 2.45) is 0 Å². The quantitative estimate of drug-likeness (QED) is 0.645. The van der Waals surface area contributed by atoms with Gasteiger partial charge in [-0.1, -0.05) is 6.07 Å². The summed E-state index contributed by atoms with van der Waals surface area (Å²) in [6.07, 6.45) is -7.64. The molecule has 0 saturated carbocycles. The second-order valence-electron chi connectivity index (χ2n) is 4.13. The maximum absolute atomic E-state index is 12.7. The molecule has 0 fully saturated rings. The van der Waals surface area contributed by atoms with Crippen molar-refractivity contribution in [3.05, 3.63) is 29.3 Å². The van der Waals surface area contributed by atoms with Crippen molar-refractivity contribution >= 4 is 11.6 Å². The maximum Gasteiger partial charge on any atom is 0.418 e. The van der Waals surface area contributed by atoms with E-state index >= 15 is 0 Å². The molecule has 1 aromatic rings. The summed E-state index contributed by atoms with van der Waals surface area (Å²) in [5.41, 5.74) is 2.75. The molecule has 0 bridgehead atoms. The highest BCUT2D eigenvalue weighted by Crippen LogP contribution is 2.35. The Morgan fingerprint density at radius 3 is 2.43 bits per heavy atom. The fourth-order valence-corrected chi connectivity index (χ4v) is 1.73. The Balaban J connectivity index is 3.16. The molecule has 0 heterocycles. The van der Waals surface area contributed by atoms with E-state index < -0.39 is 55.0 Å². The van der Waals surface area contributed by atoms with Gasteiger partial charge in [0.25, 0.3) is 12.3 Å². The molecule has 21 heavy (non-hydrogen) atoms. The molecule has 9 heteroatoms. The lowest BCUT2D eigenvalue weighted by atomic mass is 10.1. The predicted octanol–water partition coefficient (Wildman–Crippen LogP) is 1.99. The van der Waals surface area contributed by atoms with E-state index in [9.17, 15) is 26.7 Å². The highest BCUT2D eigenvalue weighted by molar-refractivity contribution is 5.99. The summed E-state index contributed by atoms with van der Waals surface area (Å²) in [5.74, 6) is -1.09. The van der Waals surface area contributed by atoms with E-state index in [0.29, 0.717) is 11.0 Å². The Morgan fingerprint density at radius 2 is 1.95 bits per heavy atom. The Bertz CT molecular complexity index is 505. The van der Waals surface area contributed by atoms with Gasteiger partial charge in [0, 0.05) is 6.54 Å². The second-order valence-corrected chi connectivity index (χ2v) is 4.13. The SMILES string of the molecule is Nc1c(C(=O)N(CCO)CC(F)F)cccc1C(F)(F)F. The number of para-hydroxylation sites is 1. The number of amides is 1. The monoisotopic (exact) mass is 312 g/mol. The fraction of sp³-hybridized carbons (Fsp3) is 0.417. The molecular weight excluding hydrogens is 299 g/mol. The zero-order chi connectivity index (χ0) is 16.2. The number of alkyl halides is 5. The maximum atomic E-state index is 12.7. The summed E-state index contributed by atoms with van der Waals surface area (Å²) < 4.78 is 62.8. The van der Waals surface area contributed by atoms with Gasteiger partial charge in [-0.05, 0) is 12.1 Å². The first kappa shape index (κ1) is 17.2. The first-order valence-electron chi connectivity index (χ1n) is 5.82. The van der Waals surface area contributed by atoms with Gasteiger partial charge in [0.2, 0.25) is 0 Å². The molecule has 0 aliphatic heterocycles. The third-order valence-electron chi connectivity index (χ3n) is 2.66. The van der Waals surface area contributed by atoms with Crippen molar-refractivity contribution in [2.45, 2.75) is 12.6 Å². The van der Waals surface area contributed by atoms with Gasteiger partial charge in [0.15, 0.2) is 0 Å². The summed E-state index contributed by atoms with van der Waals surface area (Å²) >= 11 is 0. The van der Waals surface area contributed by atoms with Crippen LogP contribution in [0.25, 0.3) is 0 Å². The van der Waals surface area contributed by atoms with Crippen LogP contribution in [0, 0.1) is 0 Å². The van der Waals surface area contributed by atoms with Gasteiger partial charge in [0.1, 0.15) is 0 Å². The number of carbonyl (C=O) groups excluding carboxylic acids is 1. The fourth-order valence-electron chi connectivity index (χ4n) is 1.73. The molecule has 0 aliphatic carbocycles. The third-order valence-corrected chi connectivity index (χ3v) is 2.66. The van der Waals surface area contributed by atoms with E-state index in [1.165, 1.54) is 0 Å². The van der Waals surface area contributed by atoms with Crippen LogP contribution in [0.2, 0.25) is 0 Å². The van der Waals surface area contributed by atoms with Gasteiger partial charge in [-0.25, -0.2) is 8.78 Å². The molecule has 118 valence electrons. The highest BCUT2D eigenvalue weighted by atomic mass is 19.4. The molecule has 3 N–H and O–H groups in total. The second kappa shape index (κ2) is 6.70. The van der Waals surface area contributed by atoms with Gasteiger partial charge in [-0.15, -0.1) is 0 Å². The van der Waals surface area contributed by atoms with Crippen molar-refractivity contribution in [1.82, 2.24) is 4.90 Å². The van der Waals surface area contributed by atoms with E-state index in [0.717, 1.165) is 12.1 Å². The first-order chi connectivity index (χ1) is 9.68. The van der Waals surface area contributed by atoms with Gasteiger partial charge in [-0.2, -0.15) is 13.2 Å². The Kier molecular flexibility index (Phi) is 5.47. The van der Waals surface area contributed by atoms with Crippen molar-refractivity contribution in [1.29, 1.82) is 0 Å². The Morgan fingerprint density at radius 1 is 1.33 bits per heavy atom. The highest BCUT2D eigenvalue weighted by Gasteiger charge is 2.35. The number of nitrogens with zero attached hydrogens (tertiary/aromatic N) is 1. The number of rotatable bonds is 5. The van der Waals surface area contributed by atoms with Crippen molar-refractivity contribution in [3.8, 4) is 0 Å². The number of carbonyl (C=O) groups is 1. The number of aliphatic hydroxyl groups is 1. The van der Waals surface area contributed by atoms with Crippen LogP contribution in [0.15, 0.2) is 18.2 Å². The molecular formula is C12H13F5N2O2. The number of halogens is 5. The molecule has 1 aromatic carbocycles. The van der Waals surface area contributed by atoms with Crippen LogP contribution < -0.4 is 5.73 Å². The number of nitrogens with two attached hydrogens (primary N) is 1. The zero-order valence-corrected chi connectivity index (χ0v) is 10.7. The van der Waals surface area contributed by atoms with Crippen LogP contribution in [-0.4, -0.2) is 42.0 Å². The average molecular weight is 312 g/mol. The molecule has 1 amide bonds. The summed E-state index contributed by atoms with van der Waals surface area (Å²) in [7, 11) is 0. The summed E-state index contributed by atoms with van der Waals surface area (Å²) in [5, 5.41) is 8.75. The van der Waals surface area contributed by atoms with Crippen LogP contribution in [0.1, 0.15) is 15.9 Å². The molecule has 0 aromatic heterocycles. The minimum atomic E-state index is -4.76. The van der Waals surface area contributed by atoms with Crippen LogP contribution in [0.5, 0.6) is 0 Å². The number of aliphatic hydroxyl groups excluding tert-OH is 1. The first-order valence-corrected chi connectivity index (χ1v) is 5.82. The van der Waals surface area contributed by atoms with Gasteiger partial charge >= 0.3 is 6.18 Å². The van der Waals surface area contributed by atoms with Crippen LogP contribution in [0.3, 0.4) is 0 Å². The van der Waals surface area contributed by atoms with Crippen molar-refractivity contribution < 1.29 is 31.9 Å². The van der Waals surface area contributed by atoms with E-state index in [1.54, 1.807) is 0 Å². The Labute approximate surface area is 117 Å². The zero-order valence-electron chi connectivity index (χ0n) is 10.7. The largest absolute Gasteiger partial charge is 0.418 e. The lowest BCUT2D eigenvalue weighted by molar-refractivity contribution is -0.136. The van der Waals surface area contributed by atoms with E-state index in [4.69, 9.17) is 10.8 Å². The number of hydrogen-bond acceptors (Lipinski definition) is 3. The summed E-state index contributed by atoms with van der Waals surface area (Å²) in [6.45, 7) is -2.04. The van der Waals surface area contributed by atoms with Gasteiger partial charge in [-0.3, -0.25) is 4.79 Å². The molecule has 0 spiro atoms. The van der Waals surface area contributed by atoms with E-state index in [-0.39, 0.29) is 0 Å². The van der Waals surface area contributed by atoms with Crippen LogP contribution >= 0.6 is 0 Å². The number of benzene rings is 1. The van der Waals surface area contributed by atoms with Gasteiger partial charge < -0.3 is 15.7 Å². The topological polar surface area (TPSA) is 66.6 Å². The van der Waals surface area contributed by atoms with Gasteiger partial charge in [0.05, 0.1) is 30.0 Å². The minimum Gasteiger partial charge on any atom is -0.398 e. The predicted molar refractivity (Wildman–Crippen MR) is 64.8 cm³/mol. The Hall–Kier alpha value is -1.90. The number of anilines is 1. The standard InChI is InChI=1S/C12H13F5N2O2/c13-9(14)6-19(4-5-20)11(21)7-2-1-3-8(10(7)18)12(15,16)17/h1-3,9,20H,4-6,18H2. The number of nitrogen functional groups attached to an aromatic ring is 1. The normalized spacial score (nSPS) is 11.8. The lowest BCUT2D eigenvalue weighted by Gasteiger charge is -2.23. The minimum absolute atomic E-state index is 0.432. The third kappa shape index (κ3) is 4.28. The molecule has 0 radical (unpaired) electrons. The molecule has 0 unspecified atom stereocenters. The number of hydrogen-bond donors (Lipinski definition) is 2. The molecule has 1 rings (SSSR count). The van der Waals surface area contributed by atoms with E-state index in [2.05, 4.69) is 0 Å². The van der Waals surface area contributed by atoms with Crippen LogP contribution in [-0.2, 0) is 6.18 Å². The summed E-state index contributed by atoms with van der Waals surface area (Å²) in [6, 6.07) is 2.67.